The first-order valence-electron chi connectivity index (χ1n) is 9.20. The Morgan fingerprint density at radius 1 is 1.00 bits per heavy atom. The summed E-state index contributed by atoms with van der Waals surface area (Å²) in [5.74, 6) is 1.15. The lowest BCUT2D eigenvalue weighted by Crippen LogP contribution is -2.39. The molecule has 2 aliphatic rings. The van der Waals surface area contributed by atoms with Gasteiger partial charge in [0.05, 0.1) is 12.7 Å². The third-order valence-electron chi connectivity index (χ3n) is 5.03. The quantitative estimate of drug-likeness (QED) is 0.854. The molecule has 1 aliphatic carbocycles. The summed E-state index contributed by atoms with van der Waals surface area (Å²) < 4.78 is 5.24. The fourth-order valence-corrected chi connectivity index (χ4v) is 3.56. The molecular weight excluding hydrogens is 306 g/mol. The molecule has 134 valence electrons. The highest BCUT2D eigenvalue weighted by Gasteiger charge is 2.29. The van der Waals surface area contributed by atoms with Gasteiger partial charge in [0.2, 0.25) is 11.9 Å². The van der Waals surface area contributed by atoms with E-state index in [0.29, 0.717) is 24.5 Å². The van der Waals surface area contributed by atoms with Crippen LogP contribution in [0.4, 0.5) is 11.9 Å². The third-order valence-corrected chi connectivity index (χ3v) is 5.03. The average molecular weight is 335 g/mol. The second-order valence-electron chi connectivity index (χ2n) is 6.99. The first kappa shape index (κ1) is 17.2. The molecule has 1 aromatic rings. The normalized spacial score (nSPS) is 21.2. The Balaban J connectivity index is 1.71. The van der Waals surface area contributed by atoms with Crippen molar-refractivity contribution in [2.45, 2.75) is 63.4 Å². The molecule has 0 radical (unpaired) electrons. The fraction of sp³-hybridized carbons (Fsp3) is 0.824. The highest BCUT2D eigenvalue weighted by molar-refractivity contribution is 5.38. The van der Waals surface area contributed by atoms with Gasteiger partial charge in [0.1, 0.15) is 0 Å². The number of methoxy groups -OCH3 is 1. The number of rotatable bonds is 5. The van der Waals surface area contributed by atoms with Crippen molar-refractivity contribution < 1.29 is 9.84 Å². The molecule has 1 aromatic heterocycles. The number of aromatic nitrogens is 3. The van der Waals surface area contributed by atoms with Crippen molar-refractivity contribution in [1.29, 1.82) is 0 Å². The minimum absolute atomic E-state index is 0.322. The molecule has 3 rings (SSSR count). The van der Waals surface area contributed by atoms with E-state index >= 15 is 0 Å². The molecule has 0 bridgehead atoms. The first-order chi connectivity index (χ1) is 11.7. The van der Waals surface area contributed by atoms with Crippen molar-refractivity contribution in [3.05, 3.63) is 0 Å². The molecule has 2 heterocycles. The van der Waals surface area contributed by atoms with Gasteiger partial charge in [0, 0.05) is 19.6 Å². The molecule has 1 saturated heterocycles. The SMILES string of the molecule is COc1nc(NCC2(O)CCCCC2)nc(N2CCCCCC2)n1. The second kappa shape index (κ2) is 7.96. The van der Waals surface area contributed by atoms with E-state index in [4.69, 9.17) is 4.74 Å². The van der Waals surface area contributed by atoms with Crippen molar-refractivity contribution >= 4 is 11.9 Å². The van der Waals surface area contributed by atoms with Crippen molar-refractivity contribution in [3.63, 3.8) is 0 Å². The van der Waals surface area contributed by atoms with Gasteiger partial charge in [0.15, 0.2) is 0 Å². The zero-order valence-corrected chi connectivity index (χ0v) is 14.6. The van der Waals surface area contributed by atoms with Crippen LogP contribution >= 0.6 is 0 Å². The summed E-state index contributed by atoms with van der Waals surface area (Å²) in [6.07, 6.45) is 9.89. The molecule has 7 heteroatoms. The number of nitrogens with one attached hydrogen (secondary N) is 1. The van der Waals surface area contributed by atoms with E-state index in [1.807, 2.05) is 0 Å². The van der Waals surface area contributed by atoms with Crippen molar-refractivity contribution in [2.24, 2.45) is 0 Å². The Morgan fingerprint density at radius 2 is 1.67 bits per heavy atom. The molecule has 0 amide bonds. The minimum atomic E-state index is -0.652. The summed E-state index contributed by atoms with van der Waals surface area (Å²) in [7, 11) is 1.57. The van der Waals surface area contributed by atoms with Crippen molar-refractivity contribution in [1.82, 2.24) is 15.0 Å². The van der Waals surface area contributed by atoms with E-state index in [-0.39, 0.29) is 0 Å². The average Bonchev–Trinajstić information content (AvgIpc) is 2.90. The monoisotopic (exact) mass is 335 g/mol. The maximum Gasteiger partial charge on any atom is 0.322 e. The van der Waals surface area contributed by atoms with E-state index in [2.05, 4.69) is 25.2 Å². The zero-order valence-electron chi connectivity index (χ0n) is 14.6. The molecule has 0 unspecified atom stereocenters. The highest BCUT2D eigenvalue weighted by atomic mass is 16.5. The second-order valence-corrected chi connectivity index (χ2v) is 6.99. The summed E-state index contributed by atoms with van der Waals surface area (Å²) in [6, 6.07) is 0.322. The van der Waals surface area contributed by atoms with Gasteiger partial charge >= 0.3 is 6.01 Å². The van der Waals surface area contributed by atoms with Gasteiger partial charge in [-0.15, -0.1) is 0 Å². The molecule has 2 N–H and O–H groups in total. The van der Waals surface area contributed by atoms with Gasteiger partial charge < -0.3 is 20.1 Å². The third kappa shape index (κ3) is 4.47. The van der Waals surface area contributed by atoms with E-state index in [1.165, 1.54) is 19.3 Å². The lowest BCUT2D eigenvalue weighted by molar-refractivity contribution is 0.0165. The van der Waals surface area contributed by atoms with Gasteiger partial charge in [-0.25, -0.2) is 0 Å². The van der Waals surface area contributed by atoms with Crippen LogP contribution in [0.15, 0.2) is 0 Å². The van der Waals surface area contributed by atoms with E-state index in [9.17, 15) is 5.11 Å². The molecule has 7 nitrogen and oxygen atoms in total. The van der Waals surface area contributed by atoms with Crippen LogP contribution in [0, 0.1) is 0 Å². The maximum absolute atomic E-state index is 10.6. The Morgan fingerprint density at radius 3 is 2.33 bits per heavy atom. The van der Waals surface area contributed by atoms with Crippen LogP contribution in [0.3, 0.4) is 0 Å². The lowest BCUT2D eigenvalue weighted by atomic mass is 9.85. The summed E-state index contributed by atoms with van der Waals surface area (Å²) in [5, 5.41) is 13.8. The van der Waals surface area contributed by atoms with Crippen molar-refractivity contribution in [3.8, 4) is 6.01 Å². The van der Waals surface area contributed by atoms with E-state index in [0.717, 1.165) is 51.6 Å². The van der Waals surface area contributed by atoms with Crippen molar-refractivity contribution in [2.75, 3.05) is 37.0 Å². The largest absolute Gasteiger partial charge is 0.467 e. The smallest absolute Gasteiger partial charge is 0.322 e. The number of aliphatic hydroxyl groups is 1. The summed E-state index contributed by atoms with van der Waals surface area (Å²) in [4.78, 5) is 15.5. The Labute approximate surface area is 143 Å². The number of hydrogen-bond donors (Lipinski definition) is 2. The molecular formula is C17H29N5O2. The number of ether oxygens (including phenoxy) is 1. The first-order valence-corrected chi connectivity index (χ1v) is 9.20. The Kier molecular flexibility index (Phi) is 5.71. The van der Waals surface area contributed by atoms with Gasteiger partial charge in [-0.3, -0.25) is 0 Å². The van der Waals surface area contributed by atoms with Crippen LogP contribution in [0.5, 0.6) is 6.01 Å². The fourth-order valence-electron chi connectivity index (χ4n) is 3.56. The topological polar surface area (TPSA) is 83.4 Å². The molecule has 1 aliphatic heterocycles. The van der Waals surface area contributed by atoms with Gasteiger partial charge in [-0.2, -0.15) is 15.0 Å². The highest BCUT2D eigenvalue weighted by Crippen LogP contribution is 2.28. The summed E-state index contributed by atoms with van der Waals surface area (Å²) in [6.45, 7) is 2.41. The zero-order chi connectivity index (χ0) is 16.8. The van der Waals surface area contributed by atoms with Crippen LogP contribution in [-0.4, -0.2) is 52.4 Å². The standard InChI is InChI=1S/C17H29N5O2/c1-24-16-20-14(18-13-17(23)9-5-4-6-10-17)19-15(21-16)22-11-7-2-3-8-12-22/h23H,2-13H2,1H3,(H,18,19,20,21). The maximum atomic E-state index is 10.6. The van der Waals surface area contributed by atoms with Crippen LogP contribution in [0.1, 0.15) is 57.8 Å². The molecule has 24 heavy (non-hydrogen) atoms. The van der Waals surface area contributed by atoms with Gasteiger partial charge in [0.25, 0.3) is 0 Å². The van der Waals surface area contributed by atoms with Crippen LogP contribution < -0.4 is 15.0 Å². The van der Waals surface area contributed by atoms with Crippen LogP contribution in [-0.2, 0) is 0 Å². The lowest BCUT2D eigenvalue weighted by Gasteiger charge is -2.32. The molecule has 2 fully saturated rings. The van der Waals surface area contributed by atoms with Crippen LogP contribution in [0.25, 0.3) is 0 Å². The predicted octanol–water partition coefficient (Wildman–Crippen LogP) is 2.37. The number of hydrogen-bond acceptors (Lipinski definition) is 7. The molecule has 1 saturated carbocycles. The molecule has 0 aromatic carbocycles. The number of anilines is 2. The summed E-state index contributed by atoms with van der Waals surface area (Å²) >= 11 is 0. The van der Waals surface area contributed by atoms with E-state index < -0.39 is 5.60 Å². The minimum Gasteiger partial charge on any atom is -0.467 e. The van der Waals surface area contributed by atoms with Crippen LogP contribution in [0.2, 0.25) is 0 Å². The molecule has 0 spiro atoms. The Bertz CT molecular complexity index is 526. The predicted molar refractivity (Wildman–Crippen MR) is 93.6 cm³/mol. The molecule has 0 atom stereocenters. The summed E-state index contributed by atoms with van der Waals surface area (Å²) in [5.41, 5.74) is -0.652. The van der Waals surface area contributed by atoms with Gasteiger partial charge in [-0.1, -0.05) is 32.1 Å². The van der Waals surface area contributed by atoms with Gasteiger partial charge in [-0.05, 0) is 25.7 Å². The number of nitrogens with zero attached hydrogens (tertiary/aromatic N) is 4. The Hall–Kier alpha value is -1.63. The van der Waals surface area contributed by atoms with E-state index in [1.54, 1.807) is 7.11 Å².